The van der Waals surface area contributed by atoms with E-state index in [0.717, 1.165) is 43.6 Å². The van der Waals surface area contributed by atoms with Crippen LogP contribution in [-0.2, 0) is 0 Å². The molecule has 0 saturated heterocycles. The van der Waals surface area contributed by atoms with Crippen molar-refractivity contribution >= 4 is 22.4 Å². The summed E-state index contributed by atoms with van der Waals surface area (Å²) in [6, 6.07) is 12.2. The Labute approximate surface area is 137 Å². The van der Waals surface area contributed by atoms with Gasteiger partial charge in [0.25, 0.3) is 0 Å². The van der Waals surface area contributed by atoms with Gasteiger partial charge in [0, 0.05) is 18.1 Å². The summed E-state index contributed by atoms with van der Waals surface area (Å²) in [6.45, 7) is 4.02. The first-order valence-electron chi connectivity index (χ1n) is 7.33. The Bertz CT molecular complexity index is 1010. The van der Waals surface area contributed by atoms with Gasteiger partial charge in [0.15, 0.2) is 0 Å². The van der Waals surface area contributed by atoms with E-state index in [1.165, 1.54) is 0 Å². The molecule has 4 rings (SSSR count). The molecule has 4 aromatic rings. The molecule has 1 aromatic carbocycles. The van der Waals surface area contributed by atoms with Crippen molar-refractivity contribution in [3.05, 3.63) is 59.5 Å². The molecule has 0 aliphatic rings. The molecule has 112 valence electrons. The Hall–Kier alpha value is -2.66. The molecule has 5 heteroatoms. The van der Waals surface area contributed by atoms with Crippen molar-refractivity contribution < 1.29 is 0 Å². The first kappa shape index (κ1) is 14.0. The quantitative estimate of drug-likeness (QED) is 0.548. The van der Waals surface area contributed by atoms with Crippen molar-refractivity contribution in [2.75, 3.05) is 0 Å². The van der Waals surface area contributed by atoms with Gasteiger partial charge >= 0.3 is 0 Å². The van der Waals surface area contributed by atoms with Gasteiger partial charge in [-0.25, -0.2) is 4.98 Å². The number of pyridine rings is 1. The zero-order valence-corrected chi connectivity index (χ0v) is 13.6. The lowest BCUT2D eigenvalue weighted by molar-refractivity contribution is 1.18. The van der Waals surface area contributed by atoms with Crippen molar-refractivity contribution in [3.8, 4) is 21.8 Å². The van der Waals surface area contributed by atoms with Crippen molar-refractivity contribution in [3.63, 3.8) is 0 Å². The van der Waals surface area contributed by atoms with Gasteiger partial charge in [-0.3, -0.25) is 15.0 Å². The largest absolute Gasteiger partial charge is 0.253 e. The first-order valence-corrected chi connectivity index (χ1v) is 8.15. The highest BCUT2D eigenvalue weighted by Crippen LogP contribution is 2.36. The summed E-state index contributed by atoms with van der Waals surface area (Å²) in [5, 5.41) is 1.03. The Morgan fingerprint density at radius 1 is 0.870 bits per heavy atom. The summed E-state index contributed by atoms with van der Waals surface area (Å²) in [5.41, 5.74) is 5.71. The lowest BCUT2D eigenvalue weighted by atomic mass is 10.1. The molecule has 0 bridgehead atoms. The van der Waals surface area contributed by atoms with Crippen molar-refractivity contribution in [1.29, 1.82) is 0 Å². The normalized spacial score (nSPS) is 11.0. The zero-order chi connectivity index (χ0) is 15.8. The van der Waals surface area contributed by atoms with Crippen LogP contribution in [0.2, 0.25) is 0 Å². The molecule has 0 atom stereocenters. The number of hydrogen-bond donors (Lipinski definition) is 0. The van der Waals surface area contributed by atoms with Gasteiger partial charge in [-0.05, 0) is 43.7 Å². The lowest BCUT2D eigenvalue weighted by Gasteiger charge is -2.04. The van der Waals surface area contributed by atoms with Crippen LogP contribution in [0.25, 0.3) is 32.9 Å². The fourth-order valence-electron chi connectivity index (χ4n) is 2.58. The van der Waals surface area contributed by atoms with Crippen LogP contribution in [0.3, 0.4) is 0 Å². The Morgan fingerprint density at radius 2 is 1.70 bits per heavy atom. The highest BCUT2D eigenvalue weighted by atomic mass is 32.1. The predicted octanol–water partition coefficient (Wildman–Crippen LogP) is 4.43. The third-order valence-electron chi connectivity index (χ3n) is 3.60. The van der Waals surface area contributed by atoms with E-state index in [0.29, 0.717) is 0 Å². The number of hydrogen-bond acceptors (Lipinski definition) is 5. The number of nitrogens with zero attached hydrogens (tertiary/aromatic N) is 4. The second-order valence-electron chi connectivity index (χ2n) is 5.33. The Morgan fingerprint density at radius 3 is 2.52 bits per heavy atom. The highest BCUT2D eigenvalue weighted by Gasteiger charge is 2.15. The van der Waals surface area contributed by atoms with Gasteiger partial charge in [-0.2, -0.15) is 0 Å². The molecule has 0 saturated carbocycles. The first-order chi connectivity index (χ1) is 11.2. The maximum atomic E-state index is 4.70. The maximum Gasteiger partial charge on any atom is 0.108 e. The number of aromatic nitrogens is 4. The van der Waals surface area contributed by atoms with Crippen LogP contribution in [0.4, 0.5) is 0 Å². The van der Waals surface area contributed by atoms with Gasteiger partial charge in [0.1, 0.15) is 5.69 Å². The van der Waals surface area contributed by atoms with Crippen LogP contribution in [0, 0.1) is 13.8 Å². The number of rotatable bonds is 2. The van der Waals surface area contributed by atoms with E-state index in [-0.39, 0.29) is 0 Å². The van der Waals surface area contributed by atoms with Gasteiger partial charge in [-0.15, -0.1) is 11.3 Å². The maximum absolute atomic E-state index is 4.70. The second kappa shape index (κ2) is 5.52. The minimum atomic E-state index is 0.888. The Balaban J connectivity index is 1.91. The SMILES string of the molecule is Cc1cccc(-c2nc(C)sc2-c2ccc3nccnc3c2)n1. The van der Waals surface area contributed by atoms with Crippen LogP contribution in [-0.4, -0.2) is 19.9 Å². The lowest BCUT2D eigenvalue weighted by Crippen LogP contribution is -1.89. The zero-order valence-electron chi connectivity index (χ0n) is 12.8. The summed E-state index contributed by atoms with van der Waals surface area (Å²) in [4.78, 5) is 19.2. The van der Waals surface area contributed by atoms with Gasteiger partial charge in [-0.1, -0.05) is 12.1 Å². The average molecular weight is 318 g/mol. The molecular weight excluding hydrogens is 304 g/mol. The third-order valence-corrected chi connectivity index (χ3v) is 4.62. The molecule has 0 N–H and O–H groups in total. The smallest absolute Gasteiger partial charge is 0.108 e. The van der Waals surface area contributed by atoms with Gasteiger partial charge in [0.05, 0.1) is 26.6 Å². The van der Waals surface area contributed by atoms with Crippen LogP contribution >= 0.6 is 11.3 Å². The molecule has 0 fully saturated rings. The molecule has 3 heterocycles. The van der Waals surface area contributed by atoms with E-state index in [1.54, 1.807) is 23.7 Å². The summed E-state index contributed by atoms with van der Waals surface area (Å²) in [7, 11) is 0. The average Bonchev–Trinajstić information content (AvgIpc) is 2.96. The van der Waals surface area contributed by atoms with Gasteiger partial charge < -0.3 is 0 Å². The monoisotopic (exact) mass is 318 g/mol. The van der Waals surface area contributed by atoms with E-state index in [2.05, 4.69) is 27.1 Å². The predicted molar refractivity (Wildman–Crippen MR) is 93.4 cm³/mol. The molecule has 3 aromatic heterocycles. The number of aryl methyl sites for hydroxylation is 2. The number of fused-ring (bicyclic) bond motifs is 1. The fraction of sp³-hybridized carbons (Fsp3) is 0.111. The second-order valence-corrected chi connectivity index (χ2v) is 6.54. The van der Waals surface area contributed by atoms with E-state index in [9.17, 15) is 0 Å². The molecule has 0 aliphatic heterocycles. The summed E-state index contributed by atoms with van der Waals surface area (Å²) in [5.74, 6) is 0. The van der Waals surface area contributed by atoms with E-state index >= 15 is 0 Å². The minimum Gasteiger partial charge on any atom is -0.253 e. The van der Waals surface area contributed by atoms with Crippen molar-refractivity contribution in [2.24, 2.45) is 0 Å². The van der Waals surface area contributed by atoms with Crippen LogP contribution < -0.4 is 0 Å². The molecule has 0 aliphatic carbocycles. The molecule has 0 radical (unpaired) electrons. The molecule has 0 unspecified atom stereocenters. The highest BCUT2D eigenvalue weighted by molar-refractivity contribution is 7.15. The van der Waals surface area contributed by atoms with Crippen molar-refractivity contribution in [2.45, 2.75) is 13.8 Å². The third kappa shape index (κ3) is 2.59. The van der Waals surface area contributed by atoms with Crippen LogP contribution in [0.5, 0.6) is 0 Å². The van der Waals surface area contributed by atoms with E-state index < -0.39 is 0 Å². The molecule has 4 nitrogen and oxygen atoms in total. The van der Waals surface area contributed by atoms with Crippen LogP contribution in [0.1, 0.15) is 10.7 Å². The minimum absolute atomic E-state index is 0.888. The molecular formula is C18H14N4S. The summed E-state index contributed by atoms with van der Waals surface area (Å²) >= 11 is 1.68. The Kier molecular flexibility index (Phi) is 3.35. The van der Waals surface area contributed by atoms with Crippen LogP contribution in [0.15, 0.2) is 48.8 Å². The number of thiazole rings is 1. The molecule has 0 amide bonds. The van der Waals surface area contributed by atoms with E-state index in [4.69, 9.17) is 4.98 Å². The number of benzene rings is 1. The standard InChI is InChI=1S/C18H14N4S/c1-11-4-3-5-15(21-11)17-18(23-12(2)22-17)13-6-7-14-16(10-13)20-9-8-19-14/h3-10H,1-2H3. The topological polar surface area (TPSA) is 51.6 Å². The van der Waals surface area contributed by atoms with Gasteiger partial charge in [0.2, 0.25) is 0 Å². The molecule has 0 spiro atoms. The summed E-state index contributed by atoms with van der Waals surface area (Å²) < 4.78 is 0. The van der Waals surface area contributed by atoms with Crippen molar-refractivity contribution in [1.82, 2.24) is 19.9 Å². The fourth-order valence-corrected chi connectivity index (χ4v) is 3.50. The molecule has 23 heavy (non-hydrogen) atoms. The van der Waals surface area contributed by atoms with E-state index in [1.807, 2.05) is 38.1 Å². The summed E-state index contributed by atoms with van der Waals surface area (Å²) in [6.07, 6.45) is 3.42.